The predicted octanol–water partition coefficient (Wildman–Crippen LogP) is 2.46. The van der Waals surface area contributed by atoms with Crippen LogP contribution in [0.15, 0.2) is 28.8 Å². The summed E-state index contributed by atoms with van der Waals surface area (Å²) in [4.78, 5) is 13.9. The lowest BCUT2D eigenvalue weighted by Crippen LogP contribution is -2.23. The molecule has 0 saturated heterocycles. The van der Waals surface area contributed by atoms with E-state index in [-0.39, 0.29) is 5.91 Å². The molecular weight excluding hydrogens is 302 g/mol. The normalized spacial score (nSPS) is 10.0. The number of carbonyl (C=O) groups is 1. The van der Waals surface area contributed by atoms with Gasteiger partial charge >= 0.3 is 0 Å². The SMILES string of the molecule is Cc1noc(C)c1CCC(=O)NCC#Cc1ccc(N(C)C)cc1. The summed E-state index contributed by atoms with van der Waals surface area (Å²) in [5, 5.41) is 6.70. The van der Waals surface area contributed by atoms with Crippen LogP contribution in [0.25, 0.3) is 0 Å². The van der Waals surface area contributed by atoms with Crippen LogP contribution < -0.4 is 10.2 Å². The van der Waals surface area contributed by atoms with Crippen molar-refractivity contribution < 1.29 is 9.32 Å². The molecule has 5 nitrogen and oxygen atoms in total. The Morgan fingerprint density at radius 1 is 1.25 bits per heavy atom. The zero-order valence-corrected chi connectivity index (χ0v) is 14.6. The molecule has 0 atom stereocenters. The van der Waals surface area contributed by atoms with Crippen LogP contribution in [0.2, 0.25) is 0 Å². The summed E-state index contributed by atoms with van der Waals surface area (Å²) in [6.07, 6.45) is 1.04. The molecule has 0 aliphatic rings. The standard InChI is InChI=1S/C19H23N3O2/c1-14-18(15(2)24-21-14)11-12-19(23)20-13-5-6-16-7-9-17(10-8-16)22(3)4/h7-10H,11-13H2,1-4H3,(H,20,23). The third kappa shape index (κ3) is 4.88. The number of hydrogen-bond donors (Lipinski definition) is 1. The highest BCUT2D eigenvalue weighted by atomic mass is 16.5. The molecule has 5 heteroatoms. The second kappa shape index (κ2) is 8.21. The van der Waals surface area contributed by atoms with Gasteiger partial charge in [0.15, 0.2) is 0 Å². The van der Waals surface area contributed by atoms with E-state index in [2.05, 4.69) is 22.3 Å². The lowest BCUT2D eigenvalue weighted by Gasteiger charge is -2.11. The van der Waals surface area contributed by atoms with E-state index in [1.165, 1.54) is 0 Å². The number of nitrogens with zero attached hydrogens (tertiary/aromatic N) is 2. The minimum atomic E-state index is -0.0211. The smallest absolute Gasteiger partial charge is 0.221 e. The molecule has 0 fully saturated rings. The minimum Gasteiger partial charge on any atom is -0.378 e. The van der Waals surface area contributed by atoms with Gasteiger partial charge in [0.25, 0.3) is 0 Å². The van der Waals surface area contributed by atoms with E-state index < -0.39 is 0 Å². The quantitative estimate of drug-likeness (QED) is 0.858. The Morgan fingerprint density at radius 3 is 2.54 bits per heavy atom. The summed E-state index contributed by atoms with van der Waals surface area (Å²) in [7, 11) is 4.00. The largest absolute Gasteiger partial charge is 0.378 e. The fraction of sp³-hybridized carbons (Fsp3) is 0.368. The summed E-state index contributed by atoms with van der Waals surface area (Å²) in [6, 6.07) is 7.99. The van der Waals surface area contributed by atoms with Crippen molar-refractivity contribution in [3.63, 3.8) is 0 Å². The van der Waals surface area contributed by atoms with E-state index in [9.17, 15) is 4.79 Å². The molecule has 2 aromatic rings. The van der Waals surface area contributed by atoms with Gasteiger partial charge in [0, 0.05) is 37.3 Å². The van der Waals surface area contributed by atoms with E-state index in [0.29, 0.717) is 19.4 Å². The molecule has 0 bridgehead atoms. The van der Waals surface area contributed by atoms with Gasteiger partial charge in [0.1, 0.15) is 5.76 Å². The molecule has 2 rings (SSSR count). The van der Waals surface area contributed by atoms with Gasteiger partial charge in [-0.1, -0.05) is 17.0 Å². The number of aromatic nitrogens is 1. The van der Waals surface area contributed by atoms with Gasteiger partial charge < -0.3 is 14.7 Å². The summed E-state index contributed by atoms with van der Waals surface area (Å²) in [5.41, 5.74) is 3.93. The van der Waals surface area contributed by atoms with Gasteiger partial charge in [0.05, 0.1) is 12.2 Å². The molecule has 1 heterocycles. The van der Waals surface area contributed by atoms with Crippen molar-refractivity contribution in [2.45, 2.75) is 26.7 Å². The van der Waals surface area contributed by atoms with Crippen LogP contribution in [0.1, 0.15) is 29.0 Å². The summed E-state index contributed by atoms with van der Waals surface area (Å²) in [6.45, 7) is 4.09. The highest BCUT2D eigenvalue weighted by Crippen LogP contribution is 2.14. The molecule has 1 N–H and O–H groups in total. The number of carbonyl (C=O) groups excluding carboxylic acids is 1. The Kier molecular flexibility index (Phi) is 6.02. The number of aryl methyl sites for hydroxylation is 2. The second-order valence-electron chi connectivity index (χ2n) is 5.82. The molecule has 0 radical (unpaired) electrons. The van der Waals surface area contributed by atoms with E-state index >= 15 is 0 Å². The van der Waals surface area contributed by atoms with Crippen molar-refractivity contribution in [1.29, 1.82) is 0 Å². The van der Waals surface area contributed by atoms with Gasteiger partial charge in [-0.15, -0.1) is 0 Å². The molecule has 0 aliphatic heterocycles. The van der Waals surface area contributed by atoms with Gasteiger partial charge in [-0.2, -0.15) is 0 Å². The zero-order valence-electron chi connectivity index (χ0n) is 14.6. The number of amides is 1. The average Bonchev–Trinajstić information content (AvgIpc) is 2.88. The first kappa shape index (κ1) is 17.6. The van der Waals surface area contributed by atoms with E-state index in [1.807, 2.05) is 57.1 Å². The predicted molar refractivity (Wildman–Crippen MR) is 95.0 cm³/mol. The molecule has 0 unspecified atom stereocenters. The topological polar surface area (TPSA) is 58.4 Å². The van der Waals surface area contributed by atoms with Gasteiger partial charge in [-0.3, -0.25) is 4.79 Å². The Balaban J connectivity index is 1.77. The van der Waals surface area contributed by atoms with Crippen LogP contribution in [-0.2, 0) is 11.2 Å². The fourth-order valence-corrected chi connectivity index (χ4v) is 2.32. The van der Waals surface area contributed by atoms with Crippen LogP contribution in [-0.4, -0.2) is 31.7 Å². The number of benzene rings is 1. The number of hydrogen-bond acceptors (Lipinski definition) is 4. The van der Waals surface area contributed by atoms with Crippen molar-refractivity contribution in [2.24, 2.45) is 0 Å². The molecule has 0 aliphatic carbocycles. The van der Waals surface area contributed by atoms with E-state index in [4.69, 9.17) is 4.52 Å². The molecule has 1 aromatic heterocycles. The van der Waals surface area contributed by atoms with Crippen LogP contribution >= 0.6 is 0 Å². The fourth-order valence-electron chi connectivity index (χ4n) is 2.32. The van der Waals surface area contributed by atoms with Crippen LogP contribution in [0.3, 0.4) is 0 Å². The summed E-state index contributed by atoms with van der Waals surface area (Å²) < 4.78 is 5.09. The van der Waals surface area contributed by atoms with Crippen LogP contribution in [0, 0.1) is 25.7 Å². The third-order valence-electron chi connectivity index (χ3n) is 3.77. The molecule has 1 aromatic carbocycles. The molecule has 24 heavy (non-hydrogen) atoms. The van der Waals surface area contributed by atoms with Crippen molar-refractivity contribution in [2.75, 3.05) is 25.5 Å². The molecule has 0 saturated carbocycles. The molecular formula is C19H23N3O2. The van der Waals surface area contributed by atoms with Gasteiger partial charge in [-0.05, 0) is 44.5 Å². The Hall–Kier alpha value is -2.74. The molecule has 0 spiro atoms. The maximum atomic E-state index is 11.9. The second-order valence-corrected chi connectivity index (χ2v) is 5.82. The Bertz CT molecular complexity index is 730. The first-order valence-electron chi connectivity index (χ1n) is 7.92. The minimum absolute atomic E-state index is 0.0211. The van der Waals surface area contributed by atoms with Crippen molar-refractivity contribution >= 4 is 11.6 Å². The van der Waals surface area contributed by atoms with Gasteiger partial charge in [0.2, 0.25) is 5.91 Å². The molecule has 126 valence electrons. The summed E-state index contributed by atoms with van der Waals surface area (Å²) in [5.74, 6) is 6.77. The Labute approximate surface area is 143 Å². The third-order valence-corrected chi connectivity index (χ3v) is 3.77. The Morgan fingerprint density at radius 2 is 1.96 bits per heavy atom. The highest BCUT2D eigenvalue weighted by molar-refractivity contribution is 5.76. The number of rotatable bonds is 5. The van der Waals surface area contributed by atoms with Gasteiger partial charge in [-0.25, -0.2) is 0 Å². The summed E-state index contributed by atoms with van der Waals surface area (Å²) >= 11 is 0. The molecule has 1 amide bonds. The average molecular weight is 325 g/mol. The number of anilines is 1. The monoisotopic (exact) mass is 325 g/mol. The van der Waals surface area contributed by atoms with E-state index in [0.717, 1.165) is 28.3 Å². The highest BCUT2D eigenvalue weighted by Gasteiger charge is 2.10. The maximum absolute atomic E-state index is 11.9. The zero-order chi connectivity index (χ0) is 17.5. The lowest BCUT2D eigenvalue weighted by molar-refractivity contribution is -0.120. The van der Waals surface area contributed by atoms with Crippen LogP contribution in [0.4, 0.5) is 5.69 Å². The van der Waals surface area contributed by atoms with Crippen molar-refractivity contribution in [3.8, 4) is 11.8 Å². The first-order chi connectivity index (χ1) is 11.5. The van der Waals surface area contributed by atoms with Crippen molar-refractivity contribution in [3.05, 3.63) is 46.8 Å². The van der Waals surface area contributed by atoms with Crippen LogP contribution in [0.5, 0.6) is 0 Å². The van der Waals surface area contributed by atoms with E-state index in [1.54, 1.807) is 0 Å². The lowest BCUT2D eigenvalue weighted by atomic mass is 10.1. The maximum Gasteiger partial charge on any atom is 0.221 e. The number of nitrogens with one attached hydrogen (secondary N) is 1. The van der Waals surface area contributed by atoms with Crippen molar-refractivity contribution in [1.82, 2.24) is 10.5 Å². The first-order valence-corrected chi connectivity index (χ1v) is 7.92.